The second-order valence-corrected chi connectivity index (χ2v) is 6.05. The summed E-state index contributed by atoms with van der Waals surface area (Å²) in [5.41, 5.74) is 0.215. The van der Waals surface area contributed by atoms with E-state index in [0.29, 0.717) is 44.5 Å². The minimum Gasteiger partial charge on any atom is -0.491 e. The number of hydrogen-bond acceptors (Lipinski definition) is 4. The molecule has 0 saturated carbocycles. The topological polar surface area (TPSA) is 76.1 Å². The third kappa shape index (κ3) is 4.96. The van der Waals surface area contributed by atoms with Crippen LogP contribution in [0.4, 0.5) is 0 Å². The Hall–Kier alpha value is -2.08. The second-order valence-electron chi connectivity index (χ2n) is 6.05. The van der Waals surface area contributed by atoms with Gasteiger partial charge in [0.2, 0.25) is 5.91 Å². The Morgan fingerprint density at radius 2 is 2.04 bits per heavy atom. The number of benzene rings is 1. The largest absolute Gasteiger partial charge is 0.491 e. The molecule has 0 bridgehead atoms. The number of carboxylic acid groups (broad SMARTS) is 1. The molecule has 1 unspecified atom stereocenters. The molecule has 0 radical (unpaired) electrons. The van der Waals surface area contributed by atoms with Crippen molar-refractivity contribution < 1.29 is 24.2 Å². The highest BCUT2D eigenvalue weighted by Crippen LogP contribution is 2.16. The fraction of sp³-hybridized carbons (Fsp3) is 0.529. The van der Waals surface area contributed by atoms with Crippen molar-refractivity contribution in [1.29, 1.82) is 0 Å². The zero-order valence-corrected chi connectivity index (χ0v) is 13.5. The van der Waals surface area contributed by atoms with Crippen molar-refractivity contribution in [3.63, 3.8) is 0 Å². The zero-order chi connectivity index (χ0) is 16.8. The maximum Gasteiger partial charge on any atom is 0.335 e. The molecule has 1 fully saturated rings. The predicted octanol–water partition coefficient (Wildman–Crippen LogP) is 2.04. The lowest BCUT2D eigenvalue weighted by Crippen LogP contribution is -2.51. The Labute approximate surface area is 136 Å². The van der Waals surface area contributed by atoms with Crippen LogP contribution in [0.15, 0.2) is 24.3 Å². The van der Waals surface area contributed by atoms with Crippen LogP contribution in [-0.2, 0) is 9.53 Å². The van der Waals surface area contributed by atoms with Crippen molar-refractivity contribution >= 4 is 11.9 Å². The third-order valence-electron chi connectivity index (χ3n) is 3.67. The van der Waals surface area contributed by atoms with Gasteiger partial charge in [-0.2, -0.15) is 0 Å². The van der Waals surface area contributed by atoms with E-state index in [0.717, 1.165) is 0 Å². The van der Waals surface area contributed by atoms with Crippen LogP contribution in [0.25, 0.3) is 0 Å². The Kier molecular flexibility index (Phi) is 5.98. The van der Waals surface area contributed by atoms with E-state index in [1.807, 2.05) is 18.7 Å². The minimum atomic E-state index is -0.970. The van der Waals surface area contributed by atoms with Crippen LogP contribution in [0.5, 0.6) is 5.75 Å². The molecule has 1 aliphatic heterocycles. The quantitative estimate of drug-likeness (QED) is 0.867. The van der Waals surface area contributed by atoms with Gasteiger partial charge in [-0.15, -0.1) is 0 Å². The lowest BCUT2D eigenvalue weighted by atomic mass is 10.1. The molecule has 1 aromatic carbocycles. The fourth-order valence-electron chi connectivity index (χ4n) is 2.47. The van der Waals surface area contributed by atoms with E-state index in [1.165, 1.54) is 12.1 Å². The van der Waals surface area contributed by atoms with E-state index >= 15 is 0 Å². The molecule has 1 heterocycles. The second kappa shape index (κ2) is 7.97. The van der Waals surface area contributed by atoms with Crippen LogP contribution in [-0.4, -0.2) is 54.3 Å². The summed E-state index contributed by atoms with van der Waals surface area (Å²) in [5.74, 6) is 0.0492. The predicted molar refractivity (Wildman–Crippen MR) is 84.7 cm³/mol. The molecule has 6 nitrogen and oxygen atoms in total. The standard InChI is InChI=1S/C17H23NO5/c1-12(2)9-16(19)18-7-8-22-10-14(18)11-23-15-5-3-13(4-6-15)17(20)21/h3-6,12,14H,7-11H2,1-2H3,(H,20,21). The van der Waals surface area contributed by atoms with E-state index in [4.69, 9.17) is 14.6 Å². The van der Waals surface area contributed by atoms with Crippen molar-refractivity contribution in [2.24, 2.45) is 5.92 Å². The molecule has 1 amide bonds. The molecule has 0 spiro atoms. The molecule has 23 heavy (non-hydrogen) atoms. The number of carbonyl (C=O) groups is 2. The Bertz CT molecular complexity index is 540. The maximum atomic E-state index is 12.3. The van der Waals surface area contributed by atoms with Crippen LogP contribution in [0.1, 0.15) is 30.6 Å². The average molecular weight is 321 g/mol. The number of rotatable bonds is 6. The highest BCUT2D eigenvalue weighted by Gasteiger charge is 2.28. The first-order chi connectivity index (χ1) is 11.0. The van der Waals surface area contributed by atoms with Gasteiger partial charge < -0.3 is 19.5 Å². The minimum absolute atomic E-state index is 0.117. The number of morpholine rings is 1. The van der Waals surface area contributed by atoms with E-state index in [-0.39, 0.29) is 17.5 Å². The van der Waals surface area contributed by atoms with Gasteiger partial charge in [0.05, 0.1) is 24.8 Å². The summed E-state index contributed by atoms with van der Waals surface area (Å²) in [4.78, 5) is 24.9. The van der Waals surface area contributed by atoms with Gasteiger partial charge in [-0.05, 0) is 30.2 Å². The third-order valence-corrected chi connectivity index (χ3v) is 3.67. The number of ether oxygens (including phenoxy) is 2. The molecule has 1 saturated heterocycles. The number of carboxylic acids is 1. The van der Waals surface area contributed by atoms with E-state index < -0.39 is 5.97 Å². The van der Waals surface area contributed by atoms with Gasteiger partial charge in [0.1, 0.15) is 12.4 Å². The SMILES string of the molecule is CC(C)CC(=O)N1CCOCC1COc1ccc(C(=O)O)cc1. The monoisotopic (exact) mass is 321 g/mol. The maximum absolute atomic E-state index is 12.3. The summed E-state index contributed by atoms with van der Waals surface area (Å²) in [6, 6.07) is 6.11. The highest BCUT2D eigenvalue weighted by atomic mass is 16.5. The first-order valence-corrected chi connectivity index (χ1v) is 7.80. The highest BCUT2D eigenvalue weighted by molar-refractivity contribution is 5.87. The number of carbonyl (C=O) groups excluding carboxylic acids is 1. The summed E-state index contributed by atoms with van der Waals surface area (Å²) in [5, 5.41) is 8.88. The lowest BCUT2D eigenvalue weighted by Gasteiger charge is -2.35. The molecular formula is C17H23NO5. The van der Waals surface area contributed by atoms with Gasteiger partial charge >= 0.3 is 5.97 Å². The summed E-state index contributed by atoms with van der Waals surface area (Å²) in [7, 11) is 0. The van der Waals surface area contributed by atoms with E-state index in [9.17, 15) is 9.59 Å². The number of amides is 1. The molecular weight excluding hydrogens is 298 g/mol. The smallest absolute Gasteiger partial charge is 0.335 e. The number of aromatic carboxylic acids is 1. The summed E-state index contributed by atoms with van der Waals surface area (Å²) in [6.45, 7) is 5.96. The first kappa shape index (κ1) is 17.3. The molecule has 0 aromatic heterocycles. The summed E-state index contributed by atoms with van der Waals surface area (Å²) >= 11 is 0. The zero-order valence-electron chi connectivity index (χ0n) is 13.5. The van der Waals surface area contributed by atoms with Gasteiger partial charge in [0.25, 0.3) is 0 Å². The molecule has 126 valence electrons. The van der Waals surface area contributed by atoms with Crippen LogP contribution < -0.4 is 4.74 Å². The first-order valence-electron chi connectivity index (χ1n) is 7.80. The van der Waals surface area contributed by atoms with Gasteiger partial charge in [-0.25, -0.2) is 4.79 Å². The van der Waals surface area contributed by atoms with Crippen LogP contribution in [0.3, 0.4) is 0 Å². The van der Waals surface area contributed by atoms with Gasteiger partial charge in [0, 0.05) is 13.0 Å². The van der Waals surface area contributed by atoms with Crippen molar-refractivity contribution in [3.05, 3.63) is 29.8 Å². The van der Waals surface area contributed by atoms with Crippen LogP contribution >= 0.6 is 0 Å². The summed E-state index contributed by atoms with van der Waals surface area (Å²) < 4.78 is 11.2. The number of hydrogen-bond donors (Lipinski definition) is 1. The van der Waals surface area contributed by atoms with Crippen molar-refractivity contribution in [2.45, 2.75) is 26.3 Å². The molecule has 1 aliphatic rings. The van der Waals surface area contributed by atoms with Gasteiger partial charge in [0.15, 0.2) is 0 Å². The molecule has 0 aliphatic carbocycles. The molecule has 6 heteroatoms. The lowest BCUT2D eigenvalue weighted by molar-refractivity contribution is -0.141. The fourth-order valence-corrected chi connectivity index (χ4v) is 2.47. The summed E-state index contributed by atoms with van der Waals surface area (Å²) in [6.07, 6.45) is 0.518. The van der Waals surface area contributed by atoms with Crippen molar-refractivity contribution in [2.75, 3.05) is 26.4 Å². The van der Waals surface area contributed by atoms with Crippen molar-refractivity contribution in [3.8, 4) is 5.75 Å². The van der Waals surface area contributed by atoms with Gasteiger partial charge in [-0.1, -0.05) is 13.8 Å². The van der Waals surface area contributed by atoms with Gasteiger partial charge in [-0.3, -0.25) is 4.79 Å². The molecule has 1 aromatic rings. The Morgan fingerprint density at radius 1 is 1.35 bits per heavy atom. The molecule has 1 N–H and O–H groups in total. The average Bonchev–Trinajstić information content (AvgIpc) is 2.53. The molecule has 1 atom stereocenters. The normalized spacial score (nSPS) is 18.0. The molecule has 2 rings (SSSR count). The van der Waals surface area contributed by atoms with Crippen LogP contribution in [0, 0.1) is 5.92 Å². The Balaban J connectivity index is 1.93. The Morgan fingerprint density at radius 3 is 2.65 bits per heavy atom. The number of nitrogens with zero attached hydrogens (tertiary/aromatic N) is 1. The van der Waals surface area contributed by atoms with Crippen molar-refractivity contribution in [1.82, 2.24) is 4.90 Å². The van der Waals surface area contributed by atoms with E-state index in [1.54, 1.807) is 12.1 Å². The van der Waals surface area contributed by atoms with E-state index in [2.05, 4.69) is 0 Å². The van der Waals surface area contributed by atoms with Crippen LogP contribution in [0.2, 0.25) is 0 Å².